The van der Waals surface area contributed by atoms with E-state index < -0.39 is 0 Å². The second-order valence-corrected chi connectivity index (χ2v) is 6.45. The van der Waals surface area contributed by atoms with Crippen LogP contribution in [0.1, 0.15) is 63.0 Å². The Hall–Kier alpha value is -1.36. The van der Waals surface area contributed by atoms with Gasteiger partial charge in [-0.25, -0.2) is 0 Å². The van der Waals surface area contributed by atoms with Crippen LogP contribution in [0, 0.1) is 19.8 Å². The second-order valence-electron chi connectivity index (χ2n) is 6.45. The highest BCUT2D eigenvalue weighted by Gasteiger charge is 2.26. The number of nitrogens with one attached hydrogen (secondary N) is 1. The first-order valence-electron chi connectivity index (χ1n) is 8.36. The molecule has 1 amide bonds. The Morgan fingerprint density at radius 3 is 2.82 bits per heavy atom. The van der Waals surface area contributed by atoms with Gasteiger partial charge >= 0.3 is 0 Å². The molecule has 0 aromatic carbocycles. The number of rotatable bonds is 6. The Labute approximate surface area is 132 Å². The Morgan fingerprint density at radius 1 is 1.45 bits per heavy atom. The van der Waals surface area contributed by atoms with Gasteiger partial charge in [-0.1, -0.05) is 31.8 Å². The quantitative estimate of drug-likeness (QED) is 0.876. The number of ether oxygens (including phenoxy) is 1. The molecule has 124 valence electrons. The zero-order chi connectivity index (χ0) is 16.1. The van der Waals surface area contributed by atoms with Gasteiger partial charge in [0.25, 0.3) is 0 Å². The number of nitrogens with zero attached hydrogens (tertiary/aromatic N) is 1. The van der Waals surface area contributed by atoms with E-state index >= 15 is 0 Å². The summed E-state index contributed by atoms with van der Waals surface area (Å²) < 4.78 is 11.2. The number of hydrogen-bond donors (Lipinski definition) is 1. The minimum absolute atomic E-state index is 0.0410. The molecule has 0 aliphatic heterocycles. The molecule has 0 radical (unpaired) electrons. The minimum atomic E-state index is -0.365. The molecule has 0 saturated heterocycles. The molecule has 5 nitrogen and oxygen atoms in total. The number of aryl methyl sites for hydroxylation is 2. The highest BCUT2D eigenvalue weighted by atomic mass is 16.5. The van der Waals surface area contributed by atoms with Crippen molar-refractivity contribution in [3.8, 4) is 0 Å². The van der Waals surface area contributed by atoms with Crippen molar-refractivity contribution in [1.82, 2.24) is 10.5 Å². The van der Waals surface area contributed by atoms with Crippen molar-refractivity contribution in [2.24, 2.45) is 5.92 Å². The maximum Gasteiger partial charge on any atom is 0.249 e. The summed E-state index contributed by atoms with van der Waals surface area (Å²) in [6, 6.07) is 0. The van der Waals surface area contributed by atoms with Gasteiger partial charge in [0.15, 0.2) is 0 Å². The molecule has 0 unspecified atom stereocenters. The molecule has 22 heavy (non-hydrogen) atoms. The number of hydrogen-bond acceptors (Lipinski definition) is 4. The summed E-state index contributed by atoms with van der Waals surface area (Å²) in [5.74, 6) is 1.41. The van der Waals surface area contributed by atoms with Crippen LogP contribution in [0.25, 0.3) is 0 Å². The summed E-state index contributed by atoms with van der Waals surface area (Å²) >= 11 is 0. The molecule has 1 aromatic heterocycles. The smallest absolute Gasteiger partial charge is 0.249 e. The fourth-order valence-electron chi connectivity index (χ4n) is 3.12. The number of carbonyl (C=O) groups is 1. The molecular weight excluding hydrogens is 280 g/mol. The van der Waals surface area contributed by atoms with Gasteiger partial charge < -0.3 is 14.6 Å². The van der Waals surface area contributed by atoms with Gasteiger partial charge in [0.2, 0.25) is 5.91 Å². The molecule has 3 atom stereocenters. The molecule has 1 saturated carbocycles. The summed E-state index contributed by atoms with van der Waals surface area (Å²) in [7, 11) is 0. The van der Waals surface area contributed by atoms with Crippen LogP contribution in [0.5, 0.6) is 0 Å². The van der Waals surface area contributed by atoms with E-state index in [1.165, 1.54) is 12.8 Å². The number of carbonyl (C=O) groups excluding carboxylic acids is 1. The molecule has 1 aliphatic carbocycles. The van der Waals surface area contributed by atoms with Crippen molar-refractivity contribution < 1.29 is 14.1 Å². The Kier molecular flexibility index (Phi) is 6.00. The molecule has 1 aliphatic rings. The zero-order valence-corrected chi connectivity index (χ0v) is 14.1. The van der Waals surface area contributed by atoms with E-state index in [0.29, 0.717) is 18.9 Å². The largest absolute Gasteiger partial charge is 0.365 e. The Bertz CT molecular complexity index is 479. The fourth-order valence-corrected chi connectivity index (χ4v) is 3.12. The molecule has 1 N–H and O–H groups in total. The van der Waals surface area contributed by atoms with Crippen LogP contribution in [0.4, 0.5) is 0 Å². The van der Waals surface area contributed by atoms with Crippen LogP contribution >= 0.6 is 0 Å². The summed E-state index contributed by atoms with van der Waals surface area (Å²) in [4.78, 5) is 12.4. The second kappa shape index (κ2) is 7.77. The Morgan fingerprint density at radius 2 is 2.23 bits per heavy atom. The average molecular weight is 308 g/mol. The number of aromatic nitrogens is 1. The van der Waals surface area contributed by atoms with Crippen LogP contribution in [0.3, 0.4) is 0 Å². The van der Waals surface area contributed by atoms with Crippen molar-refractivity contribution in [2.45, 2.75) is 78.6 Å². The normalized spacial score (nSPS) is 23.3. The monoisotopic (exact) mass is 308 g/mol. The van der Waals surface area contributed by atoms with Gasteiger partial charge in [0.05, 0.1) is 11.8 Å². The van der Waals surface area contributed by atoms with E-state index in [1.807, 2.05) is 20.8 Å². The van der Waals surface area contributed by atoms with E-state index in [1.54, 1.807) is 0 Å². The van der Waals surface area contributed by atoms with Crippen molar-refractivity contribution in [3.63, 3.8) is 0 Å². The van der Waals surface area contributed by atoms with E-state index in [9.17, 15) is 4.79 Å². The SMILES string of the molecule is CC[C@H](O[C@@H]1CCC[C@@H](C)C1)C(=O)NCc1c(C)noc1C. The number of amides is 1. The van der Waals surface area contributed by atoms with Crippen LogP contribution in [-0.4, -0.2) is 23.3 Å². The molecule has 1 fully saturated rings. The van der Waals surface area contributed by atoms with Gasteiger partial charge in [0, 0.05) is 12.1 Å². The average Bonchev–Trinajstić information content (AvgIpc) is 2.81. The highest BCUT2D eigenvalue weighted by Crippen LogP contribution is 2.27. The summed E-state index contributed by atoms with van der Waals surface area (Å²) in [6.45, 7) is 8.44. The van der Waals surface area contributed by atoms with E-state index in [4.69, 9.17) is 9.26 Å². The molecule has 1 aromatic rings. The lowest BCUT2D eigenvalue weighted by Gasteiger charge is -2.29. The van der Waals surface area contributed by atoms with Crippen molar-refractivity contribution in [3.05, 3.63) is 17.0 Å². The predicted octanol–water partition coefficient (Wildman–Crippen LogP) is 3.28. The van der Waals surface area contributed by atoms with Crippen molar-refractivity contribution >= 4 is 5.91 Å². The highest BCUT2D eigenvalue weighted by molar-refractivity contribution is 5.80. The maximum atomic E-state index is 12.4. The molecule has 1 heterocycles. The first-order valence-corrected chi connectivity index (χ1v) is 8.36. The van der Waals surface area contributed by atoms with Crippen LogP contribution in [-0.2, 0) is 16.1 Å². The molecule has 2 rings (SSSR count). The third-order valence-electron chi connectivity index (χ3n) is 4.53. The van der Waals surface area contributed by atoms with Gasteiger partial charge in [0.1, 0.15) is 11.9 Å². The summed E-state index contributed by atoms with van der Waals surface area (Å²) in [6.07, 6.45) is 5.15. The van der Waals surface area contributed by atoms with Crippen molar-refractivity contribution in [1.29, 1.82) is 0 Å². The van der Waals surface area contributed by atoms with E-state index in [-0.39, 0.29) is 18.1 Å². The maximum absolute atomic E-state index is 12.4. The third kappa shape index (κ3) is 4.32. The minimum Gasteiger partial charge on any atom is -0.365 e. The first-order chi connectivity index (χ1) is 10.5. The van der Waals surface area contributed by atoms with E-state index in [2.05, 4.69) is 17.4 Å². The topological polar surface area (TPSA) is 64.4 Å². The van der Waals surface area contributed by atoms with Crippen molar-refractivity contribution in [2.75, 3.05) is 0 Å². The third-order valence-corrected chi connectivity index (χ3v) is 4.53. The molecule has 0 spiro atoms. The van der Waals surface area contributed by atoms with Crippen LogP contribution in [0.15, 0.2) is 4.52 Å². The van der Waals surface area contributed by atoms with Crippen LogP contribution < -0.4 is 5.32 Å². The van der Waals surface area contributed by atoms with Gasteiger partial charge in [-0.3, -0.25) is 4.79 Å². The lowest BCUT2D eigenvalue weighted by atomic mass is 9.88. The molecule has 0 bridgehead atoms. The van der Waals surface area contributed by atoms with Gasteiger partial charge in [-0.15, -0.1) is 0 Å². The lowest BCUT2D eigenvalue weighted by molar-refractivity contribution is -0.139. The lowest BCUT2D eigenvalue weighted by Crippen LogP contribution is -2.39. The zero-order valence-electron chi connectivity index (χ0n) is 14.1. The van der Waals surface area contributed by atoms with Gasteiger partial charge in [-0.2, -0.15) is 0 Å². The Balaban J connectivity index is 1.86. The molecular formula is C17H28N2O3. The summed E-state index contributed by atoms with van der Waals surface area (Å²) in [5.41, 5.74) is 1.78. The summed E-state index contributed by atoms with van der Waals surface area (Å²) in [5, 5.41) is 6.86. The van der Waals surface area contributed by atoms with Crippen LogP contribution in [0.2, 0.25) is 0 Å². The van der Waals surface area contributed by atoms with E-state index in [0.717, 1.165) is 29.9 Å². The standard InChI is InChI=1S/C17H28N2O3/c1-5-16(21-14-8-6-7-11(2)9-14)17(20)18-10-15-12(3)19-22-13(15)4/h11,14,16H,5-10H2,1-4H3,(H,18,20)/t11-,14-,16+/m1/s1. The fraction of sp³-hybridized carbons (Fsp3) is 0.765. The molecule has 5 heteroatoms. The first kappa shape index (κ1) is 17.0. The van der Waals surface area contributed by atoms with Gasteiger partial charge in [-0.05, 0) is 39.0 Å². The predicted molar refractivity (Wildman–Crippen MR) is 84.4 cm³/mol.